The largest absolute Gasteiger partial charge is 0.354 e. The van der Waals surface area contributed by atoms with E-state index >= 15 is 0 Å². The normalized spacial score (nSPS) is 16.6. The molecule has 1 saturated heterocycles. The first-order valence-electron chi connectivity index (χ1n) is 12.0. The lowest BCUT2D eigenvalue weighted by atomic mass is 9.87. The maximum atomic E-state index is 9.02. The summed E-state index contributed by atoms with van der Waals surface area (Å²) in [7, 11) is 0. The third-order valence-corrected chi connectivity index (χ3v) is 7.34. The summed E-state index contributed by atoms with van der Waals surface area (Å²) >= 11 is 0. The minimum atomic E-state index is 0.351. The minimum absolute atomic E-state index is 0.351. The van der Waals surface area contributed by atoms with Gasteiger partial charge in [0, 0.05) is 28.7 Å². The quantitative estimate of drug-likeness (QED) is 0.426. The van der Waals surface area contributed by atoms with Crippen LogP contribution in [0.4, 0.5) is 0 Å². The highest BCUT2D eigenvalue weighted by Crippen LogP contribution is 2.39. The van der Waals surface area contributed by atoms with Gasteiger partial charge in [-0.25, -0.2) is 9.50 Å². The molecule has 1 aliphatic rings. The van der Waals surface area contributed by atoms with Gasteiger partial charge in [0.2, 0.25) is 0 Å². The summed E-state index contributed by atoms with van der Waals surface area (Å²) in [4.78, 5) is 10.5. The Labute approximate surface area is 195 Å². The third-order valence-electron chi connectivity index (χ3n) is 7.34. The molecule has 1 unspecified atom stereocenters. The van der Waals surface area contributed by atoms with E-state index in [9.17, 15) is 0 Å². The maximum absolute atomic E-state index is 9.02. The fraction of sp³-hybridized carbons (Fsp3) is 0.444. The van der Waals surface area contributed by atoms with Crippen LogP contribution in [0.1, 0.15) is 68.6 Å². The van der Waals surface area contributed by atoms with E-state index in [1.165, 1.54) is 38.9 Å². The Balaban J connectivity index is 1.51. The van der Waals surface area contributed by atoms with E-state index in [-0.39, 0.29) is 0 Å². The molecule has 6 nitrogen and oxygen atoms in total. The molecule has 1 aliphatic heterocycles. The topological polar surface area (TPSA) is 73.0 Å². The van der Waals surface area contributed by atoms with Crippen LogP contribution in [0.2, 0.25) is 0 Å². The molecule has 1 N–H and O–H groups in total. The zero-order chi connectivity index (χ0) is 23.1. The van der Waals surface area contributed by atoms with Crippen molar-refractivity contribution in [2.45, 2.75) is 64.8 Å². The summed E-state index contributed by atoms with van der Waals surface area (Å²) in [6, 6.07) is 11.8. The van der Waals surface area contributed by atoms with Gasteiger partial charge in [-0.15, -0.1) is 0 Å². The number of rotatable bonds is 5. The number of hydrogen-bond acceptors (Lipinski definition) is 4. The number of nitrogens with one attached hydrogen (secondary N) is 1. The van der Waals surface area contributed by atoms with Gasteiger partial charge in [0.25, 0.3) is 0 Å². The molecule has 33 heavy (non-hydrogen) atoms. The average Bonchev–Trinajstić information content (AvgIpc) is 3.42. The molecule has 0 aliphatic carbocycles. The predicted octanol–water partition coefficient (Wildman–Crippen LogP) is 5.79. The number of fused-ring (bicyclic) bond motifs is 2. The molecule has 4 aromatic rings. The summed E-state index contributed by atoms with van der Waals surface area (Å²) in [5.74, 6) is 0.968. The van der Waals surface area contributed by atoms with Gasteiger partial charge < -0.3 is 4.98 Å². The van der Waals surface area contributed by atoms with Crippen molar-refractivity contribution in [2.24, 2.45) is 0 Å². The Hall–Kier alpha value is -3.17. The van der Waals surface area contributed by atoms with Crippen molar-refractivity contribution in [3.05, 3.63) is 53.5 Å². The molecule has 4 heterocycles. The van der Waals surface area contributed by atoms with Crippen LogP contribution in [-0.2, 0) is 0 Å². The van der Waals surface area contributed by atoms with Crippen molar-refractivity contribution in [3.8, 4) is 17.3 Å². The van der Waals surface area contributed by atoms with Crippen LogP contribution in [-0.4, -0.2) is 43.6 Å². The molecular weight excluding hydrogens is 408 g/mol. The number of H-pyrrole nitrogens is 1. The zero-order valence-corrected chi connectivity index (χ0v) is 20.0. The van der Waals surface area contributed by atoms with Gasteiger partial charge in [0.15, 0.2) is 5.65 Å². The fourth-order valence-corrected chi connectivity index (χ4v) is 5.45. The second-order valence-corrected chi connectivity index (χ2v) is 9.83. The number of benzene rings is 1. The van der Waals surface area contributed by atoms with E-state index in [2.05, 4.69) is 84.2 Å². The molecule has 5 rings (SSSR count). The Kier molecular flexibility index (Phi) is 5.67. The predicted molar refractivity (Wildman–Crippen MR) is 132 cm³/mol. The SMILES string of the molecule is Cc1cc2ncnn2cc1-c1[nH]c2ccc(C3CCN(C(C)CC#N)CC3)cc2c1C(C)C. The number of nitriles is 1. The van der Waals surface area contributed by atoms with Crippen molar-refractivity contribution in [2.75, 3.05) is 13.1 Å². The highest BCUT2D eigenvalue weighted by molar-refractivity contribution is 5.92. The Morgan fingerprint density at radius 3 is 2.70 bits per heavy atom. The molecule has 0 amide bonds. The lowest BCUT2D eigenvalue weighted by Gasteiger charge is -2.35. The Bertz CT molecular complexity index is 1330. The lowest BCUT2D eigenvalue weighted by Crippen LogP contribution is -2.39. The van der Waals surface area contributed by atoms with Gasteiger partial charge in [-0.05, 0) is 86.5 Å². The van der Waals surface area contributed by atoms with Crippen molar-refractivity contribution in [1.82, 2.24) is 24.5 Å². The second-order valence-electron chi connectivity index (χ2n) is 9.83. The van der Waals surface area contributed by atoms with E-state index in [0.29, 0.717) is 24.3 Å². The van der Waals surface area contributed by atoms with E-state index in [0.717, 1.165) is 31.6 Å². The molecule has 1 fully saturated rings. The van der Waals surface area contributed by atoms with Crippen molar-refractivity contribution >= 4 is 16.6 Å². The maximum Gasteiger partial charge on any atom is 0.155 e. The first kappa shape index (κ1) is 21.7. The molecule has 0 saturated carbocycles. The smallest absolute Gasteiger partial charge is 0.155 e. The standard InChI is InChI=1S/C27H32N6/c1-17(2)26-22-14-21(20-8-11-32(12-9-20)19(4)7-10-28)5-6-24(22)31-27(26)23-15-33-25(13-18(23)3)29-16-30-33/h5-6,13-17,19-20,31H,7-9,11-12H2,1-4H3. The second kappa shape index (κ2) is 8.64. The van der Waals surface area contributed by atoms with E-state index < -0.39 is 0 Å². The van der Waals surface area contributed by atoms with Crippen LogP contribution in [0.15, 0.2) is 36.8 Å². The molecule has 6 heteroatoms. The van der Waals surface area contributed by atoms with Crippen molar-refractivity contribution in [1.29, 1.82) is 5.26 Å². The molecule has 170 valence electrons. The fourth-order valence-electron chi connectivity index (χ4n) is 5.45. The van der Waals surface area contributed by atoms with Gasteiger partial charge >= 0.3 is 0 Å². The summed E-state index contributed by atoms with van der Waals surface area (Å²) in [6.07, 6.45) is 6.61. The van der Waals surface area contributed by atoms with Gasteiger partial charge in [0.05, 0.1) is 18.2 Å². The number of piperidine rings is 1. The summed E-state index contributed by atoms with van der Waals surface area (Å²) in [5.41, 5.74) is 8.43. The number of aromatic amines is 1. The third kappa shape index (κ3) is 3.91. The number of nitrogens with zero attached hydrogens (tertiary/aromatic N) is 5. The van der Waals surface area contributed by atoms with Gasteiger partial charge in [-0.2, -0.15) is 10.4 Å². The number of aryl methyl sites for hydroxylation is 1. The summed E-state index contributed by atoms with van der Waals surface area (Å²) in [5, 5.41) is 14.7. The minimum Gasteiger partial charge on any atom is -0.354 e. The van der Waals surface area contributed by atoms with Crippen LogP contribution in [0.25, 0.3) is 27.8 Å². The van der Waals surface area contributed by atoms with Crippen LogP contribution in [0.5, 0.6) is 0 Å². The molecule has 1 aromatic carbocycles. The van der Waals surface area contributed by atoms with Crippen LogP contribution < -0.4 is 0 Å². The molecular formula is C27H32N6. The summed E-state index contributed by atoms with van der Waals surface area (Å²) < 4.78 is 1.85. The highest BCUT2D eigenvalue weighted by Gasteiger charge is 2.25. The van der Waals surface area contributed by atoms with Gasteiger partial charge in [-0.1, -0.05) is 19.9 Å². The first-order chi connectivity index (χ1) is 16.0. The average molecular weight is 441 g/mol. The zero-order valence-electron chi connectivity index (χ0n) is 20.0. The molecule has 3 aromatic heterocycles. The molecule has 1 atom stereocenters. The Morgan fingerprint density at radius 1 is 1.18 bits per heavy atom. The summed E-state index contributed by atoms with van der Waals surface area (Å²) in [6.45, 7) is 11.0. The highest BCUT2D eigenvalue weighted by atomic mass is 15.3. The van der Waals surface area contributed by atoms with E-state index in [4.69, 9.17) is 5.26 Å². The van der Waals surface area contributed by atoms with Crippen LogP contribution >= 0.6 is 0 Å². The monoisotopic (exact) mass is 440 g/mol. The molecule has 0 radical (unpaired) electrons. The number of hydrogen-bond donors (Lipinski definition) is 1. The first-order valence-corrected chi connectivity index (χ1v) is 12.0. The Morgan fingerprint density at radius 2 is 1.97 bits per heavy atom. The molecule has 0 spiro atoms. The van der Waals surface area contributed by atoms with Crippen LogP contribution in [0.3, 0.4) is 0 Å². The van der Waals surface area contributed by atoms with Gasteiger partial charge in [0.1, 0.15) is 6.33 Å². The number of likely N-dealkylation sites (tertiary alicyclic amines) is 1. The van der Waals surface area contributed by atoms with Crippen LogP contribution in [0, 0.1) is 18.3 Å². The number of aromatic nitrogens is 4. The van der Waals surface area contributed by atoms with Crippen molar-refractivity contribution in [3.63, 3.8) is 0 Å². The number of pyridine rings is 1. The van der Waals surface area contributed by atoms with Gasteiger partial charge in [-0.3, -0.25) is 4.90 Å². The van der Waals surface area contributed by atoms with E-state index in [1.807, 2.05) is 4.52 Å². The van der Waals surface area contributed by atoms with E-state index in [1.54, 1.807) is 6.33 Å². The molecule has 0 bridgehead atoms. The lowest BCUT2D eigenvalue weighted by molar-refractivity contribution is 0.163. The van der Waals surface area contributed by atoms with Crippen molar-refractivity contribution < 1.29 is 0 Å².